The van der Waals surface area contributed by atoms with E-state index < -0.39 is 5.91 Å². The van der Waals surface area contributed by atoms with Crippen molar-refractivity contribution in [2.75, 3.05) is 37.6 Å². The van der Waals surface area contributed by atoms with Crippen molar-refractivity contribution in [2.24, 2.45) is 5.73 Å². The predicted molar refractivity (Wildman–Crippen MR) is 101 cm³/mol. The number of carbonyl (C=O) groups is 1. The highest BCUT2D eigenvalue weighted by atomic mass is 16.3. The number of aromatic nitrogens is 1. The molecule has 4 rings (SSSR count). The third-order valence-corrected chi connectivity index (χ3v) is 4.89. The number of hydrogen-bond donors (Lipinski definition) is 1. The highest BCUT2D eigenvalue weighted by Gasteiger charge is 2.21. The van der Waals surface area contributed by atoms with Gasteiger partial charge in [0.2, 0.25) is 0 Å². The van der Waals surface area contributed by atoms with Crippen LogP contribution in [-0.2, 0) is 6.42 Å². The van der Waals surface area contributed by atoms with Gasteiger partial charge in [0, 0.05) is 56.4 Å². The Labute approximate surface area is 152 Å². The van der Waals surface area contributed by atoms with Crippen LogP contribution in [0.5, 0.6) is 0 Å². The number of pyridine rings is 1. The number of hydrogen-bond acceptors (Lipinski definition) is 5. The number of rotatable bonds is 5. The molecule has 0 bridgehead atoms. The van der Waals surface area contributed by atoms with Gasteiger partial charge in [-0.2, -0.15) is 0 Å². The van der Waals surface area contributed by atoms with Gasteiger partial charge in [0.25, 0.3) is 5.91 Å². The molecular formula is C20H22N4O2. The molecule has 0 spiro atoms. The number of nitrogens with zero attached hydrogens (tertiary/aromatic N) is 3. The largest absolute Gasteiger partial charge is 0.449 e. The van der Waals surface area contributed by atoms with Gasteiger partial charge in [0.15, 0.2) is 11.3 Å². The maximum atomic E-state index is 11.4. The van der Waals surface area contributed by atoms with Gasteiger partial charge in [-0.25, -0.2) is 0 Å². The molecule has 3 aromatic rings. The number of primary amides is 1. The molecular weight excluding hydrogens is 328 g/mol. The molecule has 0 radical (unpaired) electrons. The van der Waals surface area contributed by atoms with Crippen molar-refractivity contribution >= 4 is 22.6 Å². The Balaban J connectivity index is 1.41. The predicted octanol–water partition coefficient (Wildman–Crippen LogP) is 2.29. The Kier molecular flexibility index (Phi) is 4.58. The van der Waals surface area contributed by atoms with Gasteiger partial charge < -0.3 is 15.1 Å². The lowest BCUT2D eigenvalue weighted by atomic mass is 10.2. The fourth-order valence-electron chi connectivity index (χ4n) is 3.45. The van der Waals surface area contributed by atoms with E-state index in [9.17, 15) is 4.79 Å². The van der Waals surface area contributed by atoms with Gasteiger partial charge in [-0.3, -0.25) is 14.7 Å². The van der Waals surface area contributed by atoms with Gasteiger partial charge in [-0.1, -0.05) is 18.2 Å². The van der Waals surface area contributed by atoms with E-state index in [1.807, 2.05) is 36.5 Å². The maximum absolute atomic E-state index is 11.4. The van der Waals surface area contributed by atoms with Crippen LogP contribution < -0.4 is 10.6 Å². The summed E-state index contributed by atoms with van der Waals surface area (Å²) in [6, 6.07) is 13.7. The summed E-state index contributed by atoms with van der Waals surface area (Å²) in [5.74, 6) is -0.326. The molecule has 1 aromatic carbocycles. The van der Waals surface area contributed by atoms with Crippen LogP contribution in [0.4, 0.5) is 5.69 Å². The standard InChI is InChI=1S/C20H22N4O2/c21-20(25)18-14-15-4-3-6-17(19(15)26-18)24-12-10-23(11-13-24)9-7-16-5-1-2-8-22-16/h1-6,8,14H,7,9-13H2,(H2,21,25). The first kappa shape index (κ1) is 16.6. The second kappa shape index (κ2) is 7.17. The minimum absolute atomic E-state index is 0.210. The second-order valence-corrected chi connectivity index (χ2v) is 6.57. The van der Waals surface area contributed by atoms with Crippen molar-refractivity contribution < 1.29 is 9.21 Å². The van der Waals surface area contributed by atoms with E-state index in [0.717, 1.165) is 61.5 Å². The number of para-hydroxylation sites is 1. The van der Waals surface area contributed by atoms with E-state index in [1.165, 1.54) is 0 Å². The minimum atomic E-state index is -0.536. The topological polar surface area (TPSA) is 75.6 Å². The van der Waals surface area contributed by atoms with Crippen LogP contribution >= 0.6 is 0 Å². The first-order valence-electron chi connectivity index (χ1n) is 8.90. The monoisotopic (exact) mass is 350 g/mol. The van der Waals surface area contributed by atoms with Crippen LogP contribution in [-0.4, -0.2) is 48.5 Å². The molecule has 1 aliphatic heterocycles. The van der Waals surface area contributed by atoms with E-state index in [-0.39, 0.29) is 5.76 Å². The summed E-state index contributed by atoms with van der Waals surface area (Å²) in [6.07, 6.45) is 2.81. The molecule has 0 atom stereocenters. The molecule has 1 aliphatic rings. The number of benzene rings is 1. The Hall–Kier alpha value is -2.86. The smallest absolute Gasteiger partial charge is 0.284 e. The highest BCUT2D eigenvalue weighted by molar-refractivity contribution is 5.98. The van der Waals surface area contributed by atoms with Crippen molar-refractivity contribution in [1.29, 1.82) is 0 Å². The molecule has 1 amide bonds. The Bertz CT molecular complexity index is 899. The first-order valence-corrected chi connectivity index (χ1v) is 8.90. The summed E-state index contributed by atoms with van der Waals surface area (Å²) < 4.78 is 5.71. The summed E-state index contributed by atoms with van der Waals surface area (Å²) in [6.45, 7) is 4.85. The molecule has 1 saturated heterocycles. The minimum Gasteiger partial charge on any atom is -0.449 e. The third kappa shape index (κ3) is 3.41. The molecule has 6 nitrogen and oxygen atoms in total. The molecule has 6 heteroatoms. The summed E-state index contributed by atoms with van der Waals surface area (Å²) >= 11 is 0. The molecule has 2 N–H and O–H groups in total. The maximum Gasteiger partial charge on any atom is 0.284 e. The normalized spacial score (nSPS) is 15.5. The SMILES string of the molecule is NC(=O)c1cc2cccc(N3CCN(CCc4ccccn4)CC3)c2o1. The average molecular weight is 350 g/mol. The van der Waals surface area contributed by atoms with Crippen molar-refractivity contribution in [3.8, 4) is 0 Å². The third-order valence-electron chi connectivity index (χ3n) is 4.89. The van der Waals surface area contributed by atoms with Gasteiger partial charge in [0.1, 0.15) is 0 Å². The summed E-state index contributed by atoms with van der Waals surface area (Å²) in [4.78, 5) is 20.6. The lowest BCUT2D eigenvalue weighted by molar-refractivity contribution is 0.0976. The zero-order chi connectivity index (χ0) is 17.9. The molecule has 0 saturated carbocycles. The van der Waals surface area contributed by atoms with E-state index >= 15 is 0 Å². The molecule has 0 aliphatic carbocycles. The van der Waals surface area contributed by atoms with Crippen LogP contribution in [0.25, 0.3) is 11.0 Å². The Morgan fingerprint density at radius 3 is 2.69 bits per heavy atom. The summed E-state index contributed by atoms with van der Waals surface area (Å²) in [7, 11) is 0. The Morgan fingerprint density at radius 2 is 1.96 bits per heavy atom. The number of fused-ring (bicyclic) bond motifs is 1. The van der Waals surface area contributed by atoms with Gasteiger partial charge in [-0.05, 0) is 24.3 Å². The molecule has 3 heterocycles. The summed E-state index contributed by atoms with van der Waals surface area (Å²) in [5.41, 5.74) is 8.25. The fraction of sp³-hybridized carbons (Fsp3) is 0.300. The molecule has 26 heavy (non-hydrogen) atoms. The lowest BCUT2D eigenvalue weighted by Gasteiger charge is -2.36. The van der Waals surface area contributed by atoms with Crippen LogP contribution in [0, 0.1) is 0 Å². The molecule has 2 aromatic heterocycles. The van der Waals surface area contributed by atoms with Crippen molar-refractivity contribution in [1.82, 2.24) is 9.88 Å². The fourth-order valence-corrected chi connectivity index (χ4v) is 3.45. The zero-order valence-electron chi connectivity index (χ0n) is 14.6. The van der Waals surface area contributed by atoms with Crippen LogP contribution in [0.3, 0.4) is 0 Å². The highest BCUT2D eigenvalue weighted by Crippen LogP contribution is 2.30. The average Bonchev–Trinajstić information content (AvgIpc) is 3.12. The number of piperazine rings is 1. The van der Waals surface area contributed by atoms with Crippen molar-refractivity contribution in [2.45, 2.75) is 6.42 Å². The Morgan fingerprint density at radius 1 is 1.12 bits per heavy atom. The first-order chi connectivity index (χ1) is 12.7. The van der Waals surface area contributed by atoms with Gasteiger partial charge in [-0.15, -0.1) is 0 Å². The van der Waals surface area contributed by atoms with Gasteiger partial charge >= 0.3 is 0 Å². The van der Waals surface area contributed by atoms with E-state index in [1.54, 1.807) is 6.07 Å². The number of furan rings is 1. The number of anilines is 1. The molecule has 134 valence electrons. The number of nitrogens with two attached hydrogens (primary N) is 1. The summed E-state index contributed by atoms with van der Waals surface area (Å²) in [5, 5.41) is 0.911. The molecule has 1 fully saturated rings. The van der Waals surface area contributed by atoms with E-state index in [2.05, 4.69) is 20.9 Å². The lowest BCUT2D eigenvalue weighted by Crippen LogP contribution is -2.47. The van der Waals surface area contributed by atoms with E-state index in [0.29, 0.717) is 0 Å². The van der Waals surface area contributed by atoms with Crippen molar-refractivity contribution in [3.63, 3.8) is 0 Å². The number of amides is 1. The second-order valence-electron chi connectivity index (χ2n) is 6.57. The number of carbonyl (C=O) groups excluding carboxylic acids is 1. The quantitative estimate of drug-likeness (QED) is 0.764. The van der Waals surface area contributed by atoms with Gasteiger partial charge in [0.05, 0.1) is 5.69 Å². The van der Waals surface area contributed by atoms with Crippen LogP contribution in [0.1, 0.15) is 16.2 Å². The zero-order valence-corrected chi connectivity index (χ0v) is 14.6. The van der Waals surface area contributed by atoms with Crippen molar-refractivity contribution in [3.05, 3.63) is 60.1 Å². The molecule has 0 unspecified atom stereocenters. The van der Waals surface area contributed by atoms with E-state index in [4.69, 9.17) is 10.2 Å². The van der Waals surface area contributed by atoms with Crippen LogP contribution in [0.15, 0.2) is 53.1 Å². The van der Waals surface area contributed by atoms with Crippen LogP contribution in [0.2, 0.25) is 0 Å².